The minimum Gasteiger partial charge on any atom is -0.474 e. The number of nitrogen functional groups attached to an aromatic ring is 2. The van der Waals surface area contributed by atoms with Crippen molar-refractivity contribution in [3.05, 3.63) is 6.07 Å². The van der Waals surface area contributed by atoms with Gasteiger partial charge in [0.05, 0.1) is 0 Å². The predicted octanol–water partition coefficient (Wildman–Crippen LogP) is 2.23. The molecule has 2 aliphatic rings. The number of nitrogens with two attached hydrogens (primary N) is 2. The topological polar surface area (TPSA) is 87.0 Å². The summed E-state index contributed by atoms with van der Waals surface area (Å²) in [5, 5.41) is 0. The lowest BCUT2D eigenvalue weighted by molar-refractivity contribution is 0.0274. The molecule has 0 saturated heterocycles. The van der Waals surface area contributed by atoms with Crippen molar-refractivity contribution in [2.24, 2.45) is 16.7 Å². The van der Waals surface area contributed by atoms with Crippen molar-refractivity contribution >= 4 is 11.8 Å². The SMILES string of the molecule is CC1(C)C2CCC1(C)C(Oc1cc(N)nc(N)n1)C2. The van der Waals surface area contributed by atoms with Crippen molar-refractivity contribution in [1.82, 2.24) is 9.97 Å². The molecule has 5 heteroatoms. The quantitative estimate of drug-likeness (QED) is 0.853. The van der Waals surface area contributed by atoms with E-state index in [1.165, 1.54) is 12.8 Å². The Balaban J connectivity index is 1.86. The van der Waals surface area contributed by atoms with Crippen molar-refractivity contribution in [3.63, 3.8) is 0 Å². The summed E-state index contributed by atoms with van der Waals surface area (Å²) in [5.41, 5.74) is 11.8. The molecular formula is C14H22N4O. The van der Waals surface area contributed by atoms with Gasteiger partial charge in [0.25, 0.3) is 0 Å². The van der Waals surface area contributed by atoms with Crippen LogP contribution in [0.25, 0.3) is 0 Å². The smallest absolute Gasteiger partial charge is 0.225 e. The Hall–Kier alpha value is -1.52. The highest BCUT2D eigenvalue weighted by Gasteiger charge is 2.62. The van der Waals surface area contributed by atoms with Gasteiger partial charge in [-0.15, -0.1) is 0 Å². The highest BCUT2D eigenvalue weighted by molar-refractivity contribution is 5.38. The minimum absolute atomic E-state index is 0.169. The first-order valence-corrected chi connectivity index (χ1v) is 6.89. The van der Waals surface area contributed by atoms with Crippen LogP contribution in [-0.4, -0.2) is 16.1 Å². The first-order valence-electron chi connectivity index (χ1n) is 6.89. The number of ether oxygens (including phenoxy) is 1. The van der Waals surface area contributed by atoms with Crippen molar-refractivity contribution in [2.75, 3.05) is 11.5 Å². The van der Waals surface area contributed by atoms with E-state index in [0.29, 0.717) is 17.1 Å². The zero-order chi connectivity index (χ0) is 13.8. The normalized spacial score (nSPS) is 35.5. The summed E-state index contributed by atoms with van der Waals surface area (Å²) in [4.78, 5) is 7.99. The standard InChI is InChI=1S/C14H22N4O/c1-13(2)8-4-5-14(13,3)9(6-8)19-11-7-10(15)17-12(16)18-11/h7-9H,4-6H2,1-3H3,(H4,15,16,17,18). The van der Waals surface area contributed by atoms with Crippen LogP contribution in [0.3, 0.4) is 0 Å². The van der Waals surface area contributed by atoms with Crippen LogP contribution in [0.4, 0.5) is 11.8 Å². The summed E-state index contributed by atoms with van der Waals surface area (Å²) in [5.74, 6) is 1.76. The van der Waals surface area contributed by atoms with Crippen molar-refractivity contribution in [1.29, 1.82) is 0 Å². The second-order valence-electron chi connectivity index (χ2n) is 6.71. The summed E-state index contributed by atoms with van der Waals surface area (Å²) < 4.78 is 6.10. The number of fused-ring (bicyclic) bond motifs is 2. The van der Waals surface area contributed by atoms with Crippen molar-refractivity contribution in [2.45, 2.75) is 46.1 Å². The Morgan fingerprint density at radius 1 is 1.26 bits per heavy atom. The molecule has 1 aromatic heterocycles. The van der Waals surface area contributed by atoms with E-state index in [1.807, 2.05) is 0 Å². The predicted molar refractivity (Wildman–Crippen MR) is 74.5 cm³/mol. The first-order chi connectivity index (χ1) is 8.83. The van der Waals surface area contributed by atoms with Gasteiger partial charge in [0.15, 0.2) is 0 Å². The molecule has 3 rings (SSSR count). The summed E-state index contributed by atoms with van der Waals surface area (Å²) >= 11 is 0. The fourth-order valence-corrected chi connectivity index (χ4v) is 3.98. The molecule has 2 saturated carbocycles. The number of hydrogen-bond donors (Lipinski definition) is 2. The number of nitrogens with zero attached hydrogens (tertiary/aromatic N) is 2. The molecule has 19 heavy (non-hydrogen) atoms. The van der Waals surface area contributed by atoms with E-state index >= 15 is 0 Å². The molecule has 4 N–H and O–H groups in total. The van der Waals surface area contributed by atoms with Gasteiger partial charge in [0, 0.05) is 11.5 Å². The third kappa shape index (κ3) is 1.67. The number of aromatic nitrogens is 2. The van der Waals surface area contributed by atoms with Crippen LogP contribution >= 0.6 is 0 Å². The summed E-state index contributed by atoms with van der Waals surface area (Å²) in [6.07, 6.45) is 3.80. The Kier molecular flexibility index (Phi) is 2.46. The molecule has 2 aliphatic carbocycles. The molecule has 2 fully saturated rings. The Morgan fingerprint density at radius 3 is 2.53 bits per heavy atom. The first kappa shape index (κ1) is 12.5. The summed E-state index contributed by atoms with van der Waals surface area (Å²) in [6, 6.07) is 1.65. The zero-order valence-electron chi connectivity index (χ0n) is 11.8. The van der Waals surface area contributed by atoms with Gasteiger partial charge < -0.3 is 16.2 Å². The van der Waals surface area contributed by atoms with Crippen LogP contribution in [0.5, 0.6) is 5.88 Å². The number of hydrogen-bond acceptors (Lipinski definition) is 5. The van der Waals surface area contributed by atoms with Crippen LogP contribution in [0.1, 0.15) is 40.0 Å². The average Bonchev–Trinajstić information content (AvgIpc) is 2.60. The van der Waals surface area contributed by atoms with Crippen LogP contribution in [-0.2, 0) is 0 Å². The van der Waals surface area contributed by atoms with Gasteiger partial charge in [-0.1, -0.05) is 20.8 Å². The van der Waals surface area contributed by atoms with Crippen LogP contribution < -0.4 is 16.2 Å². The molecule has 1 aromatic rings. The van der Waals surface area contributed by atoms with Crippen LogP contribution in [0.2, 0.25) is 0 Å². The van der Waals surface area contributed by atoms with Crippen molar-refractivity contribution in [3.8, 4) is 5.88 Å². The fourth-order valence-electron chi connectivity index (χ4n) is 3.98. The average molecular weight is 262 g/mol. The van der Waals surface area contributed by atoms with E-state index in [0.717, 1.165) is 12.3 Å². The van der Waals surface area contributed by atoms with Gasteiger partial charge in [0.1, 0.15) is 11.9 Å². The molecule has 3 unspecified atom stereocenters. The highest BCUT2D eigenvalue weighted by atomic mass is 16.5. The van der Waals surface area contributed by atoms with E-state index in [9.17, 15) is 0 Å². The van der Waals surface area contributed by atoms with E-state index in [1.54, 1.807) is 6.07 Å². The van der Waals surface area contributed by atoms with Gasteiger partial charge >= 0.3 is 0 Å². The van der Waals surface area contributed by atoms with Crippen molar-refractivity contribution < 1.29 is 4.74 Å². The lowest BCUT2D eigenvalue weighted by atomic mass is 9.70. The molecule has 104 valence electrons. The molecule has 0 amide bonds. The maximum absolute atomic E-state index is 6.10. The maximum atomic E-state index is 6.10. The molecular weight excluding hydrogens is 240 g/mol. The van der Waals surface area contributed by atoms with Crippen LogP contribution in [0.15, 0.2) is 6.07 Å². The lowest BCUT2D eigenvalue weighted by Gasteiger charge is -2.38. The third-order valence-corrected chi connectivity index (χ3v) is 5.72. The second-order valence-corrected chi connectivity index (χ2v) is 6.71. The fraction of sp³-hybridized carbons (Fsp3) is 0.714. The van der Waals surface area contributed by atoms with Gasteiger partial charge in [0.2, 0.25) is 11.8 Å². The van der Waals surface area contributed by atoms with E-state index in [2.05, 4.69) is 30.7 Å². The molecule has 2 bridgehead atoms. The molecule has 0 aromatic carbocycles. The van der Waals surface area contributed by atoms with Gasteiger partial charge in [-0.05, 0) is 30.6 Å². The van der Waals surface area contributed by atoms with E-state index in [-0.39, 0.29) is 17.5 Å². The van der Waals surface area contributed by atoms with E-state index in [4.69, 9.17) is 16.2 Å². The molecule has 0 spiro atoms. The molecule has 0 radical (unpaired) electrons. The number of anilines is 2. The second kappa shape index (κ2) is 3.74. The van der Waals surface area contributed by atoms with Gasteiger partial charge in [-0.3, -0.25) is 0 Å². The molecule has 5 nitrogen and oxygen atoms in total. The monoisotopic (exact) mass is 262 g/mol. The summed E-state index contributed by atoms with van der Waals surface area (Å²) in [6.45, 7) is 7.05. The Morgan fingerprint density at radius 2 is 2.00 bits per heavy atom. The molecule has 0 aliphatic heterocycles. The van der Waals surface area contributed by atoms with E-state index < -0.39 is 0 Å². The summed E-state index contributed by atoms with van der Waals surface area (Å²) in [7, 11) is 0. The third-order valence-electron chi connectivity index (χ3n) is 5.72. The number of rotatable bonds is 2. The maximum Gasteiger partial charge on any atom is 0.225 e. The van der Waals surface area contributed by atoms with Crippen LogP contribution in [0, 0.1) is 16.7 Å². The molecule has 3 atom stereocenters. The largest absolute Gasteiger partial charge is 0.474 e. The Bertz CT molecular complexity index is 496. The van der Waals surface area contributed by atoms with Gasteiger partial charge in [-0.2, -0.15) is 9.97 Å². The highest BCUT2D eigenvalue weighted by Crippen LogP contribution is 2.66. The van der Waals surface area contributed by atoms with Gasteiger partial charge in [-0.25, -0.2) is 0 Å². The zero-order valence-corrected chi connectivity index (χ0v) is 11.8. The Labute approximate surface area is 113 Å². The lowest BCUT2D eigenvalue weighted by Crippen LogP contribution is -2.39. The molecule has 1 heterocycles. The minimum atomic E-state index is 0.169.